The van der Waals surface area contributed by atoms with E-state index in [2.05, 4.69) is 56.6 Å². The van der Waals surface area contributed by atoms with Crippen LogP contribution in [0.25, 0.3) is 0 Å². The molecular formula is C31H40F2N2. The number of hydrogen-bond acceptors (Lipinski definition) is 2. The molecule has 188 valence electrons. The number of rotatable bonds is 4. The maximum Gasteiger partial charge on any atom is 0.270 e. The molecule has 0 atom stereocenters. The fraction of sp³-hybridized carbons (Fsp3) is 0.323. The van der Waals surface area contributed by atoms with Crippen LogP contribution in [0.3, 0.4) is 0 Å². The molecular weight excluding hydrogens is 438 g/mol. The van der Waals surface area contributed by atoms with E-state index in [-0.39, 0.29) is 5.56 Å². The standard InChI is InChI=1S/C17H20N2.C10H12F2.C4H8/c1-12-5-7-16(8-6-12)11-13(2)19-17-9-10-18-15(4)14(17)3;1-7-4-5-8(2)9(6-7)10(3,11)12;1-4(2)3/h5-10,18H,4,11H2,1-3H3;4-6H,1-3H3;1H2,2-3H3. The fourth-order valence-electron chi connectivity index (χ4n) is 3.19. The summed E-state index contributed by atoms with van der Waals surface area (Å²) in [5.74, 6) is -2.73. The molecule has 1 N–H and O–H groups in total. The van der Waals surface area contributed by atoms with Gasteiger partial charge in [0.15, 0.2) is 0 Å². The number of aryl methyl sites for hydroxylation is 3. The van der Waals surface area contributed by atoms with E-state index >= 15 is 0 Å². The van der Waals surface area contributed by atoms with Crippen molar-refractivity contribution in [1.82, 2.24) is 5.32 Å². The molecule has 0 aromatic heterocycles. The highest BCUT2D eigenvalue weighted by Crippen LogP contribution is 2.30. The Morgan fingerprint density at radius 2 is 1.49 bits per heavy atom. The number of dihydropyridines is 1. The van der Waals surface area contributed by atoms with Crippen LogP contribution in [0.1, 0.15) is 62.4 Å². The Balaban J connectivity index is 0.000000327. The summed E-state index contributed by atoms with van der Waals surface area (Å²) >= 11 is 0. The molecule has 35 heavy (non-hydrogen) atoms. The molecule has 0 amide bonds. The van der Waals surface area contributed by atoms with Gasteiger partial charge in [0.2, 0.25) is 0 Å². The van der Waals surface area contributed by atoms with E-state index in [1.165, 1.54) is 22.8 Å². The molecule has 0 spiro atoms. The first-order valence-electron chi connectivity index (χ1n) is 11.7. The molecule has 0 saturated heterocycles. The summed E-state index contributed by atoms with van der Waals surface area (Å²) in [5.41, 5.74) is 9.52. The number of nitrogens with one attached hydrogen (secondary N) is 1. The van der Waals surface area contributed by atoms with Gasteiger partial charge in [0.25, 0.3) is 5.92 Å². The van der Waals surface area contributed by atoms with Gasteiger partial charge in [-0.25, -0.2) is 8.78 Å². The Kier molecular flexibility index (Phi) is 11.5. The first-order chi connectivity index (χ1) is 16.2. The minimum Gasteiger partial charge on any atom is -0.362 e. The van der Waals surface area contributed by atoms with Gasteiger partial charge in [-0.1, -0.05) is 59.7 Å². The summed E-state index contributed by atoms with van der Waals surface area (Å²) in [4.78, 5) is 4.69. The van der Waals surface area contributed by atoms with E-state index in [9.17, 15) is 8.78 Å². The number of hydrogen-bond donors (Lipinski definition) is 1. The number of alkyl halides is 2. The average Bonchev–Trinajstić information content (AvgIpc) is 2.74. The first-order valence-corrected chi connectivity index (χ1v) is 11.7. The molecule has 2 aromatic carbocycles. The van der Waals surface area contributed by atoms with Gasteiger partial charge in [-0.05, 0) is 77.3 Å². The smallest absolute Gasteiger partial charge is 0.270 e. The van der Waals surface area contributed by atoms with Crippen molar-refractivity contribution in [2.24, 2.45) is 4.99 Å². The SMILES string of the molecule is C=C(C)C.C=C1NC=CC(N=C(C)Cc2ccc(C)cc2)=C1C.Cc1ccc(C)c(C(C)(F)F)c1. The summed E-state index contributed by atoms with van der Waals surface area (Å²) < 4.78 is 25.8. The zero-order valence-corrected chi connectivity index (χ0v) is 22.5. The van der Waals surface area contributed by atoms with E-state index < -0.39 is 5.92 Å². The van der Waals surface area contributed by atoms with Crippen LogP contribution in [0, 0.1) is 20.8 Å². The molecule has 0 radical (unpaired) electrons. The van der Waals surface area contributed by atoms with E-state index in [1.54, 1.807) is 13.0 Å². The van der Waals surface area contributed by atoms with Gasteiger partial charge >= 0.3 is 0 Å². The Bertz CT molecular complexity index is 1110. The molecule has 0 saturated carbocycles. The number of halogens is 2. The molecule has 2 aromatic rings. The van der Waals surface area contributed by atoms with Gasteiger partial charge in [0.05, 0.1) is 5.70 Å². The Labute approximate surface area is 210 Å². The predicted molar refractivity (Wildman–Crippen MR) is 148 cm³/mol. The molecule has 0 bridgehead atoms. The zero-order valence-electron chi connectivity index (χ0n) is 22.5. The third kappa shape index (κ3) is 11.1. The number of benzene rings is 2. The molecule has 1 aliphatic heterocycles. The lowest BCUT2D eigenvalue weighted by molar-refractivity contribution is 0.0168. The minimum absolute atomic E-state index is 0.127. The van der Waals surface area contributed by atoms with Crippen molar-refractivity contribution < 1.29 is 8.78 Å². The normalized spacial score (nSPS) is 13.3. The lowest BCUT2D eigenvalue weighted by Crippen LogP contribution is -2.10. The van der Waals surface area contributed by atoms with Crippen molar-refractivity contribution in [2.45, 2.75) is 67.7 Å². The largest absolute Gasteiger partial charge is 0.362 e. The van der Waals surface area contributed by atoms with Crippen LogP contribution in [0.2, 0.25) is 0 Å². The van der Waals surface area contributed by atoms with Gasteiger partial charge in [0.1, 0.15) is 0 Å². The number of nitrogens with zero attached hydrogens (tertiary/aromatic N) is 1. The van der Waals surface area contributed by atoms with Crippen molar-refractivity contribution in [2.75, 3.05) is 0 Å². The van der Waals surface area contributed by atoms with Crippen molar-refractivity contribution in [3.8, 4) is 0 Å². The highest BCUT2D eigenvalue weighted by molar-refractivity contribution is 5.85. The van der Waals surface area contributed by atoms with Crippen LogP contribution < -0.4 is 5.32 Å². The number of allylic oxidation sites excluding steroid dienone is 3. The maximum atomic E-state index is 12.9. The second-order valence-corrected chi connectivity index (χ2v) is 9.39. The minimum atomic E-state index is -2.73. The quantitative estimate of drug-likeness (QED) is 0.344. The van der Waals surface area contributed by atoms with E-state index in [1.807, 2.05) is 46.0 Å². The summed E-state index contributed by atoms with van der Waals surface area (Å²) in [5, 5.41) is 3.09. The zero-order chi connectivity index (χ0) is 26.8. The summed E-state index contributed by atoms with van der Waals surface area (Å²) in [6.07, 6.45) is 4.75. The monoisotopic (exact) mass is 478 g/mol. The van der Waals surface area contributed by atoms with E-state index in [0.717, 1.165) is 41.6 Å². The van der Waals surface area contributed by atoms with Crippen molar-refractivity contribution >= 4 is 5.71 Å². The first kappa shape index (κ1) is 29.8. The van der Waals surface area contributed by atoms with Crippen LogP contribution in [0.15, 0.2) is 95.4 Å². The molecule has 0 fully saturated rings. The van der Waals surface area contributed by atoms with Crippen LogP contribution in [0.4, 0.5) is 8.78 Å². The predicted octanol–water partition coefficient (Wildman–Crippen LogP) is 8.90. The molecule has 4 heteroatoms. The number of aliphatic imine (C=N–C) groups is 1. The third-order valence-corrected chi connectivity index (χ3v) is 5.09. The van der Waals surface area contributed by atoms with E-state index in [4.69, 9.17) is 4.99 Å². The summed E-state index contributed by atoms with van der Waals surface area (Å²) in [6.45, 7) is 22.1. The fourth-order valence-corrected chi connectivity index (χ4v) is 3.19. The van der Waals surface area contributed by atoms with Gasteiger partial charge in [-0.15, -0.1) is 6.58 Å². The lowest BCUT2D eigenvalue weighted by Gasteiger charge is -2.14. The van der Waals surface area contributed by atoms with Crippen LogP contribution in [-0.2, 0) is 12.3 Å². The summed E-state index contributed by atoms with van der Waals surface area (Å²) in [6, 6.07) is 13.7. The van der Waals surface area contributed by atoms with Crippen molar-refractivity contribution in [3.63, 3.8) is 0 Å². The van der Waals surface area contributed by atoms with Gasteiger partial charge in [0, 0.05) is 36.5 Å². The topological polar surface area (TPSA) is 24.4 Å². The van der Waals surface area contributed by atoms with Crippen LogP contribution in [-0.4, -0.2) is 5.71 Å². The summed E-state index contributed by atoms with van der Waals surface area (Å²) in [7, 11) is 0. The Hall–Kier alpha value is -3.27. The lowest BCUT2D eigenvalue weighted by atomic mass is 10.0. The molecule has 0 unspecified atom stereocenters. The molecule has 1 heterocycles. The highest BCUT2D eigenvalue weighted by Gasteiger charge is 2.25. The average molecular weight is 479 g/mol. The van der Waals surface area contributed by atoms with Gasteiger partial charge < -0.3 is 5.32 Å². The second kappa shape index (κ2) is 13.6. The maximum absolute atomic E-state index is 12.9. The van der Waals surface area contributed by atoms with Crippen LogP contribution >= 0.6 is 0 Å². The van der Waals surface area contributed by atoms with E-state index in [0.29, 0.717) is 5.56 Å². The second-order valence-electron chi connectivity index (χ2n) is 9.39. The van der Waals surface area contributed by atoms with Crippen molar-refractivity contribution in [1.29, 1.82) is 0 Å². The van der Waals surface area contributed by atoms with Crippen LogP contribution in [0.5, 0.6) is 0 Å². The highest BCUT2D eigenvalue weighted by atomic mass is 19.3. The molecule has 0 aliphatic carbocycles. The molecule has 1 aliphatic rings. The molecule has 3 rings (SSSR count). The van der Waals surface area contributed by atoms with Crippen molar-refractivity contribution in [3.05, 3.63) is 118 Å². The van der Waals surface area contributed by atoms with Gasteiger partial charge in [-0.3, -0.25) is 4.99 Å². The third-order valence-electron chi connectivity index (χ3n) is 5.09. The Morgan fingerprint density at radius 3 is 2.00 bits per heavy atom. The Morgan fingerprint density at radius 1 is 0.943 bits per heavy atom. The molecule has 2 nitrogen and oxygen atoms in total. The van der Waals surface area contributed by atoms with Gasteiger partial charge in [-0.2, -0.15) is 0 Å².